The molecule has 1 heterocycles. The van der Waals surface area contributed by atoms with Crippen molar-refractivity contribution in [1.29, 1.82) is 0 Å². The van der Waals surface area contributed by atoms with Crippen molar-refractivity contribution in [3.8, 4) is 0 Å². The summed E-state index contributed by atoms with van der Waals surface area (Å²) in [5.74, 6) is -11.7. The lowest BCUT2D eigenvalue weighted by Crippen LogP contribution is -2.62. The molecule has 8 atom stereocenters. The first-order valence-electron chi connectivity index (χ1n) is 26.5. The molecule has 1 rings (SSSR count). The number of ether oxygens (including phenoxy) is 1. The summed E-state index contributed by atoms with van der Waals surface area (Å²) in [7, 11) is 0. The molecule has 0 saturated carbocycles. The zero-order valence-electron chi connectivity index (χ0n) is 45.1. The number of hydrogen-bond donors (Lipinski definition) is 9. The largest absolute Gasteiger partial charge is 0.481 e. The van der Waals surface area contributed by atoms with Gasteiger partial charge in [0.15, 0.2) is 6.10 Å². The molecule has 20 nitrogen and oxygen atoms in total. The maximum absolute atomic E-state index is 14.3. The fraction of sp³-hybridized carbons (Fsp3) is 0.808. The van der Waals surface area contributed by atoms with E-state index in [-0.39, 0.29) is 43.4 Å². The number of aliphatic carboxylic acids is 2. The van der Waals surface area contributed by atoms with Crippen molar-refractivity contribution in [2.45, 2.75) is 240 Å². The van der Waals surface area contributed by atoms with E-state index in [1.807, 2.05) is 0 Å². The van der Waals surface area contributed by atoms with E-state index in [1.165, 1.54) is 25.7 Å². The fourth-order valence-corrected chi connectivity index (χ4v) is 8.38. The molecular formula is C52H91N7O13. The van der Waals surface area contributed by atoms with E-state index in [2.05, 4.69) is 44.1 Å². The van der Waals surface area contributed by atoms with Crippen LogP contribution >= 0.6 is 0 Å². The molecule has 412 valence electrons. The van der Waals surface area contributed by atoms with Crippen LogP contribution in [0.4, 0.5) is 0 Å². The first-order valence-corrected chi connectivity index (χ1v) is 26.5. The fourth-order valence-electron chi connectivity index (χ4n) is 8.38. The summed E-state index contributed by atoms with van der Waals surface area (Å²) in [4.78, 5) is 137. The van der Waals surface area contributed by atoms with E-state index in [0.717, 1.165) is 32.1 Å². The maximum Gasteiger partial charge on any atom is 0.329 e. The van der Waals surface area contributed by atoms with E-state index in [1.54, 1.807) is 69.2 Å². The van der Waals surface area contributed by atoms with Crippen molar-refractivity contribution >= 4 is 59.3 Å². The van der Waals surface area contributed by atoms with Crippen LogP contribution in [0.25, 0.3) is 0 Å². The standard InChI is InChI=1S/C52H91N7O13/c1-12-13-14-15-16-17-18-19-20-21-22-23-40-49(68)53-35(24-25-41(60)61)45(64)58-43(33(8)9)50(69)55-37(27-31(4)5)48(67)59-44(34(10)11)51(70)56-38(29-42(62)63)47(66)54-36(26-30(2)3)46(65)57-39(28-32(6)7)52(71)72-40/h30-40,43-44H,12-29H2,1-11H3,(H,53,68)(H,54,66)(H,55,69)(H,56,70)(H,57,65)(H,58,64)(H,59,67)(H,60,61)(H,62,63). The number of cyclic esters (lactones) is 1. The quantitative estimate of drug-likeness (QED) is 0.0439. The van der Waals surface area contributed by atoms with E-state index < -0.39 is 139 Å². The van der Waals surface area contributed by atoms with Gasteiger partial charge in [-0.1, -0.05) is 140 Å². The average Bonchev–Trinajstić information content (AvgIpc) is 3.27. The number of hydrogen-bond acceptors (Lipinski definition) is 11. The Labute approximate surface area is 428 Å². The number of nitrogens with one attached hydrogen (secondary N) is 7. The van der Waals surface area contributed by atoms with Crippen LogP contribution in [0.15, 0.2) is 0 Å². The molecule has 1 aliphatic rings. The Bertz CT molecular complexity index is 1770. The molecule has 0 aromatic carbocycles. The molecule has 0 bridgehead atoms. The Morgan fingerprint density at radius 3 is 1.22 bits per heavy atom. The minimum absolute atomic E-state index is 0.0148. The third-order valence-electron chi connectivity index (χ3n) is 12.4. The molecule has 8 unspecified atom stereocenters. The number of rotatable bonds is 25. The Balaban J connectivity index is 3.93. The number of amides is 7. The predicted octanol–water partition coefficient (Wildman–Crippen LogP) is 4.80. The van der Waals surface area contributed by atoms with E-state index in [9.17, 15) is 58.2 Å². The predicted molar refractivity (Wildman–Crippen MR) is 272 cm³/mol. The Morgan fingerprint density at radius 2 is 0.792 bits per heavy atom. The second-order valence-electron chi connectivity index (χ2n) is 21.4. The monoisotopic (exact) mass is 1020 g/mol. The van der Waals surface area contributed by atoms with E-state index in [4.69, 9.17) is 4.74 Å². The number of unbranched alkanes of at least 4 members (excludes halogenated alkanes) is 10. The van der Waals surface area contributed by atoms with E-state index in [0.29, 0.717) is 12.8 Å². The molecule has 0 radical (unpaired) electrons. The van der Waals surface area contributed by atoms with Crippen LogP contribution in [0, 0.1) is 29.6 Å². The van der Waals surface area contributed by atoms with Crippen molar-refractivity contribution in [3.05, 3.63) is 0 Å². The Morgan fingerprint density at radius 1 is 0.431 bits per heavy atom. The van der Waals surface area contributed by atoms with Crippen molar-refractivity contribution < 1.29 is 62.9 Å². The van der Waals surface area contributed by atoms with Gasteiger partial charge in [0, 0.05) is 6.42 Å². The average molecular weight is 1020 g/mol. The molecular weight excluding hydrogens is 931 g/mol. The van der Waals surface area contributed by atoms with Crippen molar-refractivity contribution in [3.63, 3.8) is 0 Å². The molecule has 0 spiro atoms. The maximum atomic E-state index is 14.3. The Hall–Kier alpha value is -5.30. The molecule has 0 aliphatic carbocycles. The molecule has 0 aromatic rings. The molecule has 1 saturated heterocycles. The lowest BCUT2D eigenvalue weighted by atomic mass is 9.97. The van der Waals surface area contributed by atoms with Crippen LogP contribution in [0.5, 0.6) is 0 Å². The third-order valence-corrected chi connectivity index (χ3v) is 12.4. The highest BCUT2D eigenvalue weighted by atomic mass is 16.5. The molecule has 1 aliphatic heterocycles. The van der Waals surface area contributed by atoms with Crippen molar-refractivity contribution in [2.24, 2.45) is 29.6 Å². The third kappa shape index (κ3) is 25.9. The highest BCUT2D eigenvalue weighted by molar-refractivity contribution is 5.99. The van der Waals surface area contributed by atoms with Gasteiger partial charge in [0.05, 0.1) is 6.42 Å². The number of carboxylic acid groups (broad SMARTS) is 2. The van der Waals surface area contributed by atoms with Gasteiger partial charge in [-0.05, 0) is 68.1 Å². The summed E-state index contributed by atoms with van der Waals surface area (Å²) in [5, 5.41) is 37.7. The van der Waals surface area contributed by atoms with Crippen LogP contribution < -0.4 is 37.2 Å². The zero-order chi connectivity index (χ0) is 54.7. The molecule has 9 N–H and O–H groups in total. The van der Waals surface area contributed by atoms with E-state index >= 15 is 0 Å². The van der Waals surface area contributed by atoms with Gasteiger partial charge in [-0.15, -0.1) is 0 Å². The van der Waals surface area contributed by atoms with Gasteiger partial charge in [0.1, 0.15) is 42.3 Å². The smallest absolute Gasteiger partial charge is 0.329 e. The number of carbonyl (C=O) groups excluding carboxylic acids is 8. The normalized spacial score (nSPS) is 23.9. The van der Waals surface area contributed by atoms with Gasteiger partial charge in [-0.2, -0.15) is 0 Å². The first-order chi connectivity index (χ1) is 33.8. The van der Waals surface area contributed by atoms with Crippen molar-refractivity contribution in [1.82, 2.24) is 37.2 Å². The van der Waals surface area contributed by atoms with Crippen LogP contribution in [-0.2, 0) is 52.7 Å². The molecule has 1 fully saturated rings. The summed E-state index contributed by atoms with van der Waals surface area (Å²) in [5.41, 5.74) is 0. The summed E-state index contributed by atoms with van der Waals surface area (Å²) in [6, 6.07) is -9.90. The van der Waals surface area contributed by atoms with Crippen LogP contribution in [0.3, 0.4) is 0 Å². The van der Waals surface area contributed by atoms with Gasteiger partial charge in [-0.25, -0.2) is 4.79 Å². The number of esters is 1. The second-order valence-corrected chi connectivity index (χ2v) is 21.4. The lowest BCUT2D eigenvalue weighted by Gasteiger charge is -2.30. The molecule has 7 amide bonds. The van der Waals surface area contributed by atoms with Gasteiger partial charge in [0.25, 0.3) is 5.91 Å². The minimum Gasteiger partial charge on any atom is -0.481 e. The number of carboxylic acids is 2. The highest BCUT2D eigenvalue weighted by Gasteiger charge is 2.38. The topological polar surface area (TPSA) is 305 Å². The lowest BCUT2D eigenvalue weighted by molar-refractivity contribution is -0.160. The molecule has 72 heavy (non-hydrogen) atoms. The van der Waals surface area contributed by atoms with Crippen molar-refractivity contribution in [2.75, 3.05) is 0 Å². The SMILES string of the molecule is CCCCCCCCCCCCCC1OC(=O)C(CC(C)C)NC(=O)C(CC(C)C)NC(=O)C(CC(=O)O)NC(=O)C(C(C)C)NC(=O)C(CC(C)C)NC(=O)C(C(C)C)NC(=O)C(CCC(=O)O)NC1=O. The highest BCUT2D eigenvalue weighted by Crippen LogP contribution is 2.18. The number of carbonyl (C=O) groups is 10. The van der Waals surface area contributed by atoms with Gasteiger partial charge < -0.3 is 52.2 Å². The minimum atomic E-state index is -1.73. The van der Waals surface area contributed by atoms with Gasteiger partial charge in [0.2, 0.25) is 35.4 Å². The van der Waals surface area contributed by atoms with Crippen LogP contribution in [0.2, 0.25) is 0 Å². The van der Waals surface area contributed by atoms with Gasteiger partial charge in [-0.3, -0.25) is 43.2 Å². The van der Waals surface area contributed by atoms with Crippen LogP contribution in [0.1, 0.15) is 192 Å². The molecule has 20 heteroatoms. The zero-order valence-corrected chi connectivity index (χ0v) is 45.1. The summed E-state index contributed by atoms with van der Waals surface area (Å²) in [6.45, 7) is 19.4. The second kappa shape index (κ2) is 34.2. The summed E-state index contributed by atoms with van der Waals surface area (Å²) >= 11 is 0. The van der Waals surface area contributed by atoms with Crippen LogP contribution in [-0.4, -0.2) is 118 Å². The first kappa shape index (κ1) is 64.7. The Kier molecular flexibility index (Phi) is 30.7. The summed E-state index contributed by atoms with van der Waals surface area (Å²) in [6.07, 6.45) is 7.83. The summed E-state index contributed by atoms with van der Waals surface area (Å²) < 4.78 is 5.92. The molecule has 0 aromatic heterocycles. The van der Waals surface area contributed by atoms with Gasteiger partial charge >= 0.3 is 17.9 Å².